The van der Waals surface area contributed by atoms with Gasteiger partial charge in [0.25, 0.3) is 0 Å². The van der Waals surface area contributed by atoms with E-state index in [9.17, 15) is 18.3 Å². The third-order valence-corrected chi connectivity index (χ3v) is 4.04. The number of nitrogens with zero attached hydrogens (tertiary/aromatic N) is 1. The fourth-order valence-corrected chi connectivity index (χ4v) is 2.97. The molecular weight excluding hydrogens is 371 g/mol. The molecule has 21 heavy (non-hydrogen) atoms. The fourth-order valence-electron chi connectivity index (χ4n) is 1.96. The van der Waals surface area contributed by atoms with E-state index in [0.717, 1.165) is 12.1 Å². The highest BCUT2D eigenvalue weighted by molar-refractivity contribution is 9.10. The lowest BCUT2D eigenvalue weighted by Gasteiger charge is -2.26. The van der Waals surface area contributed by atoms with E-state index in [1.165, 1.54) is 6.92 Å². The van der Waals surface area contributed by atoms with E-state index in [0.29, 0.717) is 10.0 Å². The highest BCUT2D eigenvalue weighted by atomic mass is 79.9. The van der Waals surface area contributed by atoms with Gasteiger partial charge in [0.05, 0.1) is 0 Å². The van der Waals surface area contributed by atoms with Crippen molar-refractivity contribution in [3.05, 3.63) is 62.8 Å². The molecule has 0 bridgehead atoms. The van der Waals surface area contributed by atoms with Crippen LogP contribution in [-0.4, -0.2) is 10.1 Å². The molecule has 0 fully saturated rings. The first-order valence-corrected chi connectivity index (χ1v) is 7.02. The lowest BCUT2D eigenvalue weighted by molar-refractivity contribution is -0.141. The van der Waals surface area contributed by atoms with Crippen LogP contribution in [0, 0.1) is 0 Å². The molecule has 1 atom stereocenters. The number of rotatable bonds is 2. The van der Waals surface area contributed by atoms with Gasteiger partial charge in [-0.2, -0.15) is 13.2 Å². The number of halogens is 5. The number of hydrogen-bond acceptors (Lipinski definition) is 2. The fraction of sp³-hybridized carbons (Fsp3) is 0.214. The second-order valence-corrected chi connectivity index (χ2v) is 5.80. The van der Waals surface area contributed by atoms with Crippen LogP contribution in [0.5, 0.6) is 0 Å². The minimum Gasteiger partial charge on any atom is -0.381 e. The van der Waals surface area contributed by atoms with Crippen molar-refractivity contribution in [1.82, 2.24) is 4.98 Å². The van der Waals surface area contributed by atoms with E-state index in [-0.39, 0.29) is 10.7 Å². The largest absolute Gasteiger partial charge is 0.433 e. The van der Waals surface area contributed by atoms with E-state index in [1.54, 1.807) is 24.3 Å². The number of benzene rings is 1. The van der Waals surface area contributed by atoms with Crippen LogP contribution in [0.3, 0.4) is 0 Å². The first kappa shape index (κ1) is 16.3. The molecule has 1 unspecified atom stereocenters. The molecule has 0 amide bonds. The second kappa shape index (κ2) is 5.59. The number of aliphatic hydroxyl groups is 1. The Morgan fingerprint density at radius 3 is 2.24 bits per heavy atom. The summed E-state index contributed by atoms with van der Waals surface area (Å²) in [6, 6.07) is 8.77. The van der Waals surface area contributed by atoms with Crippen molar-refractivity contribution in [1.29, 1.82) is 0 Å². The maximum atomic E-state index is 12.6. The van der Waals surface area contributed by atoms with Crippen LogP contribution in [0.1, 0.15) is 23.7 Å². The zero-order valence-corrected chi connectivity index (χ0v) is 13.1. The topological polar surface area (TPSA) is 33.1 Å². The average Bonchev–Trinajstić information content (AvgIpc) is 2.37. The van der Waals surface area contributed by atoms with Gasteiger partial charge >= 0.3 is 6.18 Å². The van der Waals surface area contributed by atoms with E-state index in [4.69, 9.17) is 11.6 Å². The van der Waals surface area contributed by atoms with E-state index < -0.39 is 17.5 Å². The molecule has 2 rings (SSSR count). The number of aromatic nitrogens is 1. The summed E-state index contributed by atoms with van der Waals surface area (Å²) < 4.78 is 38.4. The highest BCUT2D eigenvalue weighted by Gasteiger charge is 2.36. The predicted molar refractivity (Wildman–Crippen MR) is 77.1 cm³/mol. The maximum Gasteiger partial charge on any atom is 0.433 e. The molecule has 0 aliphatic heterocycles. The Kier molecular flexibility index (Phi) is 4.33. The van der Waals surface area contributed by atoms with Crippen LogP contribution in [0.2, 0.25) is 5.15 Å². The van der Waals surface area contributed by atoms with Gasteiger partial charge in [-0.1, -0.05) is 51.8 Å². The van der Waals surface area contributed by atoms with E-state index in [1.807, 2.05) is 0 Å². The Balaban J connectivity index is 2.54. The first-order chi connectivity index (χ1) is 9.64. The Bertz CT molecular complexity index is 674. The zero-order valence-electron chi connectivity index (χ0n) is 10.7. The van der Waals surface area contributed by atoms with Gasteiger partial charge in [0, 0.05) is 15.6 Å². The van der Waals surface area contributed by atoms with Crippen molar-refractivity contribution < 1.29 is 18.3 Å². The van der Waals surface area contributed by atoms with Crippen molar-refractivity contribution in [3.8, 4) is 0 Å². The maximum absolute atomic E-state index is 12.6. The molecule has 0 saturated carbocycles. The molecule has 0 spiro atoms. The summed E-state index contributed by atoms with van der Waals surface area (Å²) in [5, 5.41) is 10.3. The minimum atomic E-state index is -4.58. The molecular formula is C14H10BrClF3NO. The Morgan fingerprint density at radius 1 is 1.10 bits per heavy atom. The lowest BCUT2D eigenvalue weighted by atomic mass is 9.89. The van der Waals surface area contributed by atoms with Gasteiger partial charge in [0.15, 0.2) is 0 Å². The molecule has 0 aliphatic carbocycles. The highest BCUT2D eigenvalue weighted by Crippen LogP contribution is 2.38. The molecule has 7 heteroatoms. The normalized spacial score (nSPS) is 14.8. The molecule has 1 heterocycles. The molecule has 112 valence electrons. The van der Waals surface area contributed by atoms with Crippen LogP contribution in [0.4, 0.5) is 13.2 Å². The van der Waals surface area contributed by atoms with Gasteiger partial charge in [-0.05, 0) is 19.1 Å². The van der Waals surface area contributed by atoms with Crippen LogP contribution in [0.25, 0.3) is 0 Å². The van der Waals surface area contributed by atoms with Gasteiger partial charge in [-0.3, -0.25) is 0 Å². The third kappa shape index (κ3) is 3.22. The summed E-state index contributed by atoms with van der Waals surface area (Å²) >= 11 is 9.13. The Hall–Kier alpha value is -1.11. The van der Waals surface area contributed by atoms with Gasteiger partial charge in [-0.15, -0.1) is 0 Å². The van der Waals surface area contributed by atoms with Crippen molar-refractivity contribution in [3.63, 3.8) is 0 Å². The molecule has 0 saturated heterocycles. The van der Waals surface area contributed by atoms with Gasteiger partial charge < -0.3 is 5.11 Å². The monoisotopic (exact) mass is 379 g/mol. The first-order valence-electron chi connectivity index (χ1n) is 5.85. The van der Waals surface area contributed by atoms with Crippen LogP contribution in [0.15, 0.2) is 40.9 Å². The van der Waals surface area contributed by atoms with Gasteiger partial charge in [-0.25, -0.2) is 4.98 Å². The standard InChI is InChI=1S/C14H10BrClF3NO/c1-13(21,8-4-2-3-5-10(8)15)9-6-7-11(14(17,18)19)20-12(9)16/h2-7,21H,1H3. The summed E-state index contributed by atoms with van der Waals surface area (Å²) in [6.45, 7) is 1.45. The van der Waals surface area contributed by atoms with Crippen molar-refractivity contribution in [2.45, 2.75) is 18.7 Å². The molecule has 0 radical (unpaired) electrons. The van der Waals surface area contributed by atoms with Crippen LogP contribution >= 0.6 is 27.5 Å². The van der Waals surface area contributed by atoms with Crippen LogP contribution in [-0.2, 0) is 11.8 Å². The molecule has 0 aliphatic rings. The molecule has 1 aromatic carbocycles. The molecule has 1 aromatic heterocycles. The van der Waals surface area contributed by atoms with Crippen molar-refractivity contribution >= 4 is 27.5 Å². The van der Waals surface area contributed by atoms with Gasteiger partial charge in [0.1, 0.15) is 16.4 Å². The number of alkyl halides is 3. The summed E-state index contributed by atoms with van der Waals surface area (Å²) in [5.41, 5.74) is -2.09. The quantitative estimate of drug-likeness (QED) is 0.761. The Morgan fingerprint density at radius 2 is 1.71 bits per heavy atom. The Labute approximate surface area is 132 Å². The van der Waals surface area contributed by atoms with E-state index >= 15 is 0 Å². The summed E-state index contributed by atoms with van der Waals surface area (Å²) in [4.78, 5) is 3.33. The van der Waals surface area contributed by atoms with Gasteiger partial charge in [0.2, 0.25) is 0 Å². The van der Waals surface area contributed by atoms with Crippen molar-refractivity contribution in [2.75, 3.05) is 0 Å². The molecule has 1 N–H and O–H groups in total. The summed E-state index contributed by atoms with van der Waals surface area (Å²) in [5.74, 6) is 0. The second-order valence-electron chi connectivity index (χ2n) is 4.58. The molecule has 2 nitrogen and oxygen atoms in total. The lowest BCUT2D eigenvalue weighted by Crippen LogP contribution is -2.25. The average molecular weight is 381 g/mol. The SMILES string of the molecule is CC(O)(c1ccccc1Br)c1ccc(C(F)(F)F)nc1Cl. The number of pyridine rings is 1. The summed E-state index contributed by atoms with van der Waals surface area (Å²) in [6.07, 6.45) is -4.58. The predicted octanol–water partition coefficient (Wildman–Crippen LogP) is 4.77. The number of hydrogen-bond donors (Lipinski definition) is 1. The van der Waals surface area contributed by atoms with Crippen LogP contribution < -0.4 is 0 Å². The summed E-state index contributed by atoms with van der Waals surface area (Å²) in [7, 11) is 0. The zero-order chi connectivity index (χ0) is 15.8. The smallest absolute Gasteiger partial charge is 0.381 e. The third-order valence-electron chi connectivity index (χ3n) is 3.06. The van der Waals surface area contributed by atoms with E-state index in [2.05, 4.69) is 20.9 Å². The van der Waals surface area contributed by atoms with Crippen molar-refractivity contribution in [2.24, 2.45) is 0 Å². The molecule has 2 aromatic rings. The minimum absolute atomic E-state index is 0.101.